The topological polar surface area (TPSA) is 47.1 Å². The summed E-state index contributed by atoms with van der Waals surface area (Å²) < 4.78 is 7.77. The Morgan fingerprint density at radius 1 is 1.19 bits per heavy atom. The van der Waals surface area contributed by atoms with E-state index in [0.29, 0.717) is 5.92 Å². The summed E-state index contributed by atoms with van der Waals surface area (Å²) in [6, 6.07) is 12.7. The molecular formula is C21H26N4O. The molecule has 5 heteroatoms. The summed E-state index contributed by atoms with van der Waals surface area (Å²) in [7, 11) is 0. The van der Waals surface area contributed by atoms with E-state index in [0.717, 1.165) is 44.1 Å². The average molecular weight is 350 g/mol. The fourth-order valence-corrected chi connectivity index (χ4v) is 3.82. The van der Waals surface area contributed by atoms with E-state index in [1.165, 1.54) is 24.2 Å². The molecule has 0 radical (unpaired) electrons. The zero-order valence-electron chi connectivity index (χ0n) is 15.3. The van der Waals surface area contributed by atoms with Crippen molar-refractivity contribution in [1.29, 1.82) is 0 Å². The van der Waals surface area contributed by atoms with Gasteiger partial charge in [0.25, 0.3) is 0 Å². The summed E-state index contributed by atoms with van der Waals surface area (Å²) >= 11 is 0. The Bertz CT molecular complexity index is 823. The summed E-state index contributed by atoms with van der Waals surface area (Å²) in [5, 5.41) is 4.11. The lowest BCUT2D eigenvalue weighted by Crippen LogP contribution is -2.34. The first kappa shape index (κ1) is 17.0. The molecule has 2 aromatic heterocycles. The van der Waals surface area contributed by atoms with Gasteiger partial charge in [-0.1, -0.05) is 42.4 Å². The second-order valence-corrected chi connectivity index (χ2v) is 7.11. The summed E-state index contributed by atoms with van der Waals surface area (Å²) in [5.41, 5.74) is 2.35. The van der Waals surface area contributed by atoms with E-state index < -0.39 is 0 Å². The molecule has 26 heavy (non-hydrogen) atoms. The molecule has 0 amide bonds. The summed E-state index contributed by atoms with van der Waals surface area (Å²) in [6.07, 6.45) is 7.34. The van der Waals surface area contributed by atoms with Crippen LogP contribution in [-0.2, 0) is 19.5 Å². The molecule has 1 atom stereocenters. The minimum atomic E-state index is 0.469. The van der Waals surface area contributed by atoms with Crippen molar-refractivity contribution in [2.75, 3.05) is 13.1 Å². The van der Waals surface area contributed by atoms with Gasteiger partial charge >= 0.3 is 0 Å². The van der Waals surface area contributed by atoms with Crippen molar-refractivity contribution in [3.8, 4) is 0 Å². The van der Waals surface area contributed by atoms with Gasteiger partial charge in [0.15, 0.2) is 5.76 Å². The van der Waals surface area contributed by atoms with E-state index in [2.05, 4.69) is 64.1 Å². The highest BCUT2D eigenvalue weighted by atomic mass is 16.5. The monoisotopic (exact) mass is 350 g/mol. The van der Waals surface area contributed by atoms with Gasteiger partial charge in [-0.05, 0) is 31.4 Å². The molecule has 1 fully saturated rings. The number of benzene rings is 1. The summed E-state index contributed by atoms with van der Waals surface area (Å²) in [4.78, 5) is 7.16. The number of rotatable bonds is 6. The molecule has 3 heterocycles. The maximum absolute atomic E-state index is 5.47. The summed E-state index contributed by atoms with van der Waals surface area (Å²) in [6.45, 7) is 5.95. The molecule has 1 aliphatic heterocycles. The predicted molar refractivity (Wildman–Crippen MR) is 101 cm³/mol. The van der Waals surface area contributed by atoms with Gasteiger partial charge in [-0.15, -0.1) is 0 Å². The minimum Gasteiger partial charge on any atom is -0.360 e. The first-order chi connectivity index (χ1) is 12.8. The third-order valence-electron chi connectivity index (χ3n) is 5.16. The highest BCUT2D eigenvalue weighted by Gasteiger charge is 2.25. The molecule has 3 aromatic rings. The van der Waals surface area contributed by atoms with Gasteiger partial charge < -0.3 is 9.09 Å². The molecule has 0 unspecified atom stereocenters. The summed E-state index contributed by atoms with van der Waals surface area (Å²) in [5.74, 6) is 2.64. The Morgan fingerprint density at radius 2 is 2.08 bits per heavy atom. The lowest BCUT2D eigenvalue weighted by Gasteiger charge is -2.31. The number of likely N-dealkylation sites (tertiary alicyclic amines) is 1. The van der Waals surface area contributed by atoms with Gasteiger partial charge in [-0.3, -0.25) is 4.90 Å². The predicted octanol–water partition coefficient (Wildman–Crippen LogP) is 3.86. The van der Waals surface area contributed by atoms with E-state index >= 15 is 0 Å². The molecule has 0 saturated carbocycles. The van der Waals surface area contributed by atoms with Crippen molar-refractivity contribution in [1.82, 2.24) is 19.6 Å². The zero-order valence-corrected chi connectivity index (χ0v) is 15.3. The van der Waals surface area contributed by atoms with Crippen molar-refractivity contribution in [2.24, 2.45) is 0 Å². The van der Waals surface area contributed by atoms with Crippen LogP contribution < -0.4 is 0 Å². The van der Waals surface area contributed by atoms with Crippen molar-refractivity contribution in [3.63, 3.8) is 0 Å². The van der Waals surface area contributed by atoms with Crippen molar-refractivity contribution in [3.05, 3.63) is 71.6 Å². The van der Waals surface area contributed by atoms with Gasteiger partial charge in [-0.2, -0.15) is 0 Å². The second-order valence-electron chi connectivity index (χ2n) is 7.11. The second kappa shape index (κ2) is 7.87. The van der Waals surface area contributed by atoms with E-state index in [-0.39, 0.29) is 0 Å². The number of piperidine rings is 1. The molecule has 5 nitrogen and oxygen atoms in total. The van der Waals surface area contributed by atoms with Crippen LogP contribution in [0.4, 0.5) is 0 Å². The van der Waals surface area contributed by atoms with Crippen LogP contribution >= 0.6 is 0 Å². The van der Waals surface area contributed by atoms with Crippen LogP contribution in [0, 0.1) is 0 Å². The van der Waals surface area contributed by atoms with E-state index in [1.807, 2.05) is 6.20 Å². The van der Waals surface area contributed by atoms with E-state index in [4.69, 9.17) is 9.51 Å². The van der Waals surface area contributed by atoms with Crippen LogP contribution in [0.1, 0.15) is 48.5 Å². The molecule has 0 bridgehead atoms. The van der Waals surface area contributed by atoms with Gasteiger partial charge in [-0.25, -0.2) is 4.98 Å². The largest absolute Gasteiger partial charge is 0.360 e. The third-order valence-corrected chi connectivity index (χ3v) is 5.16. The highest BCUT2D eigenvalue weighted by Crippen LogP contribution is 2.27. The van der Waals surface area contributed by atoms with Crippen LogP contribution in [0.25, 0.3) is 0 Å². The third kappa shape index (κ3) is 3.88. The molecule has 0 spiro atoms. The molecule has 0 aliphatic carbocycles. The SMILES string of the molecule is CCc1cc(CN2CCC[C@@H](c3nccn3Cc3ccccc3)C2)on1. The zero-order chi connectivity index (χ0) is 17.8. The van der Waals surface area contributed by atoms with E-state index in [9.17, 15) is 0 Å². The molecule has 4 rings (SSSR count). The Morgan fingerprint density at radius 3 is 2.88 bits per heavy atom. The number of hydrogen-bond donors (Lipinski definition) is 0. The Labute approximate surface area is 154 Å². The van der Waals surface area contributed by atoms with Crippen molar-refractivity contribution < 1.29 is 4.52 Å². The number of imidazole rings is 1. The minimum absolute atomic E-state index is 0.469. The standard InChI is InChI=1S/C21H26N4O/c1-2-19-13-20(26-23-19)16-24-11-6-9-18(15-24)21-22-10-12-25(21)14-17-7-4-3-5-8-17/h3-5,7-8,10,12-13,18H,2,6,9,11,14-16H2,1H3/t18-/m1/s1. The fraction of sp³-hybridized carbons (Fsp3) is 0.429. The molecule has 1 aliphatic rings. The lowest BCUT2D eigenvalue weighted by molar-refractivity contribution is 0.176. The molecular weight excluding hydrogens is 324 g/mol. The first-order valence-electron chi connectivity index (χ1n) is 9.53. The van der Waals surface area contributed by atoms with Gasteiger partial charge in [0.1, 0.15) is 5.82 Å². The molecule has 0 N–H and O–H groups in total. The van der Waals surface area contributed by atoms with E-state index in [1.54, 1.807) is 0 Å². The molecule has 1 saturated heterocycles. The van der Waals surface area contributed by atoms with Gasteiger partial charge in [0.05, 0.1) is 12.2 Å². The number of aromatic nitrogens is 3. The Kier molecular flexibility index (Phi) is 5.16. The van der Waals surface area contributed by atoms with Crippen LogP contribution in [0.5, 0.6) is 0 Å². The molecule has 136 valence electrons. The van der Waals surface area contributed by atoms with Crippen molar-refractivity contribution in [2.45, 2.75) is 45.2 Å². The van der Waals surface area contributed by atoms with Crippen LogP contribution in [0.3, 0.4) is 0 Å². The lowest BCUT2D eigenvalue weighted by atomic mass is 9.97. The number of hydrogen-bond acceptors (Lipinski definition) is 4. The highest BCUT2D eigenvalue weighted by molar-refractivity contribution is 5.17. The molecule has 1 aromatic carbocycles. The maximum Gasteiger partial charge on any atom is 0.150 e. The Hall–Kier alpha value is -2.40. The average Bonchev–Trinajstić information content (AvgIpc) is 3.32. The quantitative estimate of drug-likeness (QED) is 0.677. The van der Waals surface area contributed by atoms with Gasteiger partial charge in [0, 0.05) is 37.5 Å². The fourth-order valence-electron chi connectivity index (χ4n) is 3.82. The van der Waals surface area contributed by atoms with Crippen molar-refractivity contribution >= 4 is 0 Å². The van der Waals surface area contributed by atoms with Crippen LogP contribution in [0.15, 0.2) is 53.3 Å². The Balaban J connectivity index is 1.44. The van der Waals surface area contributed by atoms with Crippen LogP contribution in [0.2, 0.25) is 0 Å². The smallest absolute Gasteiger partial charge is 0.150 e. The first-order valence-corrected chi connectivity index (χ1v) is 9.53. The maximum atomic E-state index is 5.47. The van der Waals surface area contributed by atoms with Crippen LogP contribution in [-0.4, -0.2) is 32.7 Å². The van der Waals surface area contributed by atoms with Gasteiger partial charge in [0.2, 0.25) is 0 Å². The number of nitrogens with zero attached hydrogens (tertiary/aromatic N) is 4. The normalized spacial score (nSPS) is 18.3. The number of aryl methyl sites for hydroxylation is 1.